The van der Waals surface area contributed by atoms with E-state index in [9.17, 15) is 61.8 Å². The number of unbranched alkanes of at least 4 members (excludes halogenated alkanes) is 1. The average Bonchev–Trinajstić information content (AvgIpc) is 1.68. The van der Waals surface area contributed by atoms with Gasteiger partial charge >= 0.3 is 11.9 Å². The number of carboxylic acid groups (broad SMARTS) is 1. The van der Waals surface area contributed by atoms with Crippen molar-refractivity contribution in [2.75, 3.05) is 125 Å². The molecule has 3 saturated heterocycles. The van der Waals surface area contributed by atoms with E-state index in [-0.39, 0.29) is 83.1 Å². The zero-order valence-electron chi connectivity index (χ0n) is 53.8. The van der Waals surface area contributed by atoms with Gasteiger partial charge in [-0.15, -0.1) is 6.42 Å². The molecule has 3 fully saturated rings. The van der Waals surface area contributed by atoms with Gasteiger partial charge < -0.3 is 55.1 Å². The van der Waals surface area contributed by atoms with Crippen molar-refractivity contribution in [3.05, 3.63) is 69.4 Å². The number of carboxylic acids is 1. The maximum absolute atomic E-state index is 14.5. The Hall–Kier alpha value is -7.99. The first-order valence-corrected chi connectivity index (χ1v) is 32.9. The van der Waals surface area contributed by atoms with E-state index in [2.05, 4.69) is 59.8 Å². The van der Waals surface area contributed by atoms with Gasteiger partial charge in [0.1, 0.15) is 31.3 Å². The third-order valence-electron chi connectivity index (χ3n) is 16.6. The van der Waals surface area contributed by atoms with Crippen molar-refractivity contribution in [1.82, 2.24) is 55.7 Å². The number of hydrogen-bond acceptors (Lipinski definition) is 20. The van der Waals surface area contributed by atoms with Crippen LogP contribution in [0.15, 0.2) is 59.7 Å². The summed E-state index contributed by atoms with van der Waals surface area (Å²) >= 11 is 2.24. The Morgan fingerprint density at radius 1 is 0.821 bits per heavy atom. The largest absolute Gasteiger partial charge is 0.494 e. The van der Waals surface area contributed by atoms with Gasteiger partial charge in [-0.05, 0) is 135 Å². The number of nitrogens with one attached hydrogen (secondary N) is 4. The normalized spacial score (nSPS) is 17.8. The molecule has 0 radical (unpaired) electrons. The lowest BCUT2D eigenvalue weighted by Gasteiger charge is -2.34. The number of ether oxygens (including phenoxy) is 4. The lowest BCUT2D eigenvalue weighted by molar-refractivity contribution is -0.147. The van der Waals surface area contributed by atoms with Crippen LogP contribution >= 0.6 is 22.6 Å². The first-order chi connectivity index (χ1) is 45.6. The number of alkyl halides is 2. The molecule has 95 heavy (non-hydrogen) atoms. The van der Waals surface area contributed by atoms with Gasteiger partial charge in [0.05, 0.1) is 69.3 Å². The maximum Gasteiger partial charge on any atom is 0.317 e. The Balaban J connectivity index is 1.06. The van der Waals surface area contributed by atoms with Crippen LogP contribution in [-0.4, -0.2) is 255 Å². The summed E-state index contributed by atoms with van der Waals surface area (Å²) in [7, 11) is 1.17. The SMILES string of the molecule is C#C[C@H]1CC(F)(F)CN1C(=O)CNC(=O)c1ccnc2ccc(OCCCC3CCN(C(=O)[C@H](CC(=O)OC)NC(=O)[C@H](CCCCN=C(C)NC(=O)CCCc4ccc(I)cc4)NC(=O)CN4CCN(COC=O)CCN(COC=O)CCN(CC(=O)O)CC4)CC3)cc12. The van der Waals surface area contributed by atoms with Crippen LogP contribution in [0.3, 0.4) is 0 Å². The molecule has 6 amide bonds. The molecule has 518 valence electrons. The number of methoxy groups -OCH3 is 1. The third-order valence-corrected chi connectivity index (χ3v) is 17.3. The molecule has 3 aromatic rings. The fourth-order valence-electron chi connectivity index (χ4n) is 11.4. The smallest absolute Gasteiger partial charge is 0.317 e. The summed E-state index contributed by atoms with van der Waals surface area (Å²) in [5, 5.41) is 21.2. The molecule has 0 spiro atoms. The van der Waals surface area contributed by atoms with Crippen LogP contribution in [0.5, 0.6) is 5.75 Å². The van der Waals surface area contributed by atoms with E-state index in [0.29, 0.717) is 126 Å². The Labute approximate surface area is 565 Å². The van der Waals surface area contributed by atoms with Crippen LogP contribution in [0.4, 0.5) is 8.78 Å². The number of pyridine rings is 1. The molecule has 0 aliphatic carbocycles. The summed E-state index contributed by atoms with van der Waals surface area (Å²) in [6.45, 7) is 3.77. The lowest BCUT2D eigenvalue weighted by Crippen LogP contribution is -2.56. The van der Waals surface area contributed by atoms with Crippen molar-refractivity contribution in [1.29, 1.82) is 0 Å². The third kappa shape index (κ3) is 26.6. The van der Waals surface area contributed by atoms with Gasteiger partial charge in [-0.2, -0.15) is 0 Å². The molecule has 3 aliphatic heterocycles. The molecule has 0 saturated carbocycles. The molecule has 30 heteroatoms. The van der Waals surface area contributed by atoms with Crippen molar-refractivity contribution in [3.63, 3.8) is 0 Å². The Kier molecular flexibility index (Phi) is 31.8. The van der Waals surface area contributed by atoms with Gasteiger partial charge in [-0.1, -0.05) is 18.1 Å². The number of aromatic nitrogens is 1. The van der Waals surface area contributed by atoms with Crippen LogP contribution in [0.1, 0.15) is 93.5 Å². The monoisotopic (exact) mass is 1440 g/mol. The van der Waals surface area contributed by atoms with E-state index in [1.54, 1.807) is 39.8 Å². The molecule has 1 aromatic heterocycles. The second kappa shape index (κ2) is 39.8. The number of hydrogen-bond donors (Lipinski definition) is 5. The summed E-state index contributed by atoms with van der Waals surface area (Å²) < 4.78 is 50.4. The summed E-state index contributed by atoms with van der Waals surface area (Å²) in [5.41, 5.74) is 1.81. The number of carbonyl (C=O) groups excluding carboxylic acids is 9. The minimum Gasteiger partial charge on any atom is -0.494 e. The van der Waals surface area contributed by atoms with E-state index in [0.717, 1.165) is 26.9 Å². The second-order valence-corrected chi connectivity index (χ2v) is 24.9. The van der Waals surface area contributed by atoms with Gasteiger partial charge in [0.15, 0.2) is 0 Å². The first kappa shape index (κ1) is 76.0. The van der Waals surface area contributed by atoms with Crippen LogP contribution in [-0.2, 0) is 63.8 Å². The van der Waals surface area contributed by atoms with Gasteiger partial charge in [0.25, 0.3) is 24.8 Å². The van der Waals surface area contributed by atoms with E-state index in [1.165, 1.54) is 19.4 Å². The lowest BCUT2D eigenvalue weighted by atomic mass is 9.92. The van der Waals surface area contributed by atoms with Crippen molar-refractivity contribution in [3.8, 4) is 18.1 Å². The number of carbonyl (C=O) groups is 10. The topological polar surface area (TPSA) is 321 Å². The number of aliphatic carboxylic acids is 1. The minimum atomic E-state index is -3.12. The number of amidine groups is 1. The number of aliphatic imine (C=N–C) groups is 1. The molecule has 2 aromatic carbocycles. The van der Waals surface area contributed by atoms with E-state index in [4.69, 9.17) is 25.4 Å². The second-order valence-electron chi connectivity index (χ2n) is 23.7. The highest BCUT2D eigenvalue weighted by Crippen LogP contribution is 2.32. The number of amides is 6. The molecule has 5 N–H and O–H groups in total. The molecule has 3 aliphatic rings. The highest BCUT2D eigenvalue weighted by atomic mass is 127. The van der Waals surface area contributed by atoms with E-state index in [1.807, 2.05) is 34.1 Å². The van der Waals surface area contributed by atoms with Gasteiger partial charge in [-0.3, -0.25) is 77.5 Å². The summed E-state index contributed by atoms with van der Waals surface area (Å²) in [6, 6.07) is 11.0. The van der Waals surface area contributed by atoms with Gasteiger partial charge in [0.2, 0.25) is 29.5 Å². The predicted molar refractivity (Wildman–Crippen MR) is 352 cm³/mol. The average molecular weight is 1440 g/mol. The highest BCUT2D eigenvalue weighted by molar-refractivity contribution is 14.1. The molecular formula is C65H87F2IN12O15. The van der Waals surface area contributed by atoms with Gasteiger partial charge in [-0.25, -0.2) is 8.78 Å². The van der Waals surface area contributed by atoms with Crippen molar-refractivity contribution in [2.24, 2.45) is 10.9 Å². The molecule has 0 bridgehead atoms. The van der Waals surface area contributed by atoms with Crippen molar-refractivity contribution >= 4 is 99.7 Å². The number of halogens is 3. The maximum atomic E-state index is 14.5. The van der Waals surface area contributed by atoms with E-state index < -0.39 is 91.5 Å². The number of likely N-dealkylation sites (tertiary alicyclic amines) is 2. The number of benzene rings is 2. The standard InChI is InChI=1S/C65H87F2IN12O15/c1-4-50-37-65(66,67)41-80(50)59(85)38-71-62(89)52-19-23-70-54-18-17-51(35-53(52)54)95-34-8-10-48-20-24-79(25-21-48)64(91)56(36-61(88)92-3)74-63(90)55(11-5-6-22-69-46(2)72-57(83)12-7-9-47-13-15-49(68)16-14-47)73-58(84)39-75-26-27-76(40-60(86)87)29-31-78(43-94-45-82)33-32-77(30-28-75)42-93-44-81/h1,13-19,23,35,44-45,48,50,55-56H,5-12,20-22,24-34,36-43H2,2-3H3,(H,71,89)(H,73,84)(H,74,90)(H,86,87)(H,69,72,83)/t50-,55-,56-/m0/s1. The Bertz CT molecular complexity index is 3150. The van der Waals surface area contributed by atoms with Crippen LogP contribution < -0.4 is 26.0 Å². The zero-order chi connectivity index (χ0) is 68.7. The number of fused-ring (bicyclic) bond motifs is 1. The molecule has 0 unspecified atom stereocenters. The summed E-state index contributed by atoms with van der Waals surface area (Å²) in [4.78, 5) is 148. The first-order valence-electron chi connectivity index (χ1n) is 31.8. The minimum absolute atomic E-state index is 0.0442. The predicted octanol–water partition coefficient (Wildman–Crippen LogP) is 2.66. The Morgan fingerprint density at radius 3 is 2.11 bits per heavy atom. The number of piperidine rings is 1. The molecule has 3 atom stereocenters. The quantitative estimate of drug-likeness (QED) is 0.00855. The number of esters is 1. The van der Waals surface area contributed by atoms with Gasteiger partial charge in [0, 0.05) is 100.0 Å². The molecule has 6 rings (SSSR count). The fraction of sp³-hybridized carbons (Fsp3) is 0.569. The molecular weight excluding hydrogens is 1350 g/mol. The summed E-state index contributed by atoms with van der Waals surface area (Å²) in [6.07, 6.45) is 10.9. The number of terminal acetylenes is 1. The van der Waals surface area contributed by atoms with Crippen LogP contribution in [0.25, 0.3) is 10.9 Å². The fourth-order valence-corrected chi connectivity index (χ4v) is 11.7. The van der Waals surface area contributed by atoms with Crippen molar-refractivity contribution in [2.45, 2.75) is 108 Å². The van der Waals surface area contributed by atoms with Crippen molar-refractivity contribution < 1.29 is 80.8 Å². The number of rotatable bonds is 33. The zero-order valence-corrected chi connectivity index (χ0v) is 56.0. The number of aryl methyl sites for hydroxylation is 1. The highest BCUT2D eigenvalue weighted by Gasteiger charge is 2.46. The Morgan fingerprint density at radius 2 is 1.47 bits per heavy atom. The molecule has 4 heterocycles. The van der Waals surface area contributed by atoms with E-state index >= 15 is 0 Å². The summed E-state index contributed by atoms with van der Waals surface area (Å²) in [5.74, 6) is -4.97. The molecule has 27 nitrogen and oxygen atoms in total. The van der Waals surface area contributed by atoms with Crippen LogP contribution in [0.2, 0.25) is 0 Å². The number of nitrogens with zero attached hydrogens (tertiary/aromatic N) is 8. The van der Waals surface area contributed by atoms with Crippen LogP contribution in [0, 0.1) is 21.8 Å².